The Labute approximate surface area is 77.9 Å². The second-order valence-electron chi connectivity index (χ2n) is 4.61. The highest BCUT2D eigenvalue weighted by molar-refractivity contribution is 9.09. The van der Waals surface area contributed by atoms with Gasteiger partial charge in [-0.3, -0.25) is 0 Å². The van der Waals surface area contributed by atoms with Gasteiger partial charge < -0.3 is 0 Å². The predicted molar refractivity (Wildman–Crippen MR) is 51.9 cm³/mol. The molecule has 0 aromatic carbocycles. The molecule has 0 aromatic heterocycles. The minimum Gasteiger partial charge on any atom is -0.0890 e. The predicted octanol–water partition coefficient (Wildman–Crippen LogP) is 3.60. The third kappa shape index (κ3) is 1.80. The van der Waals surface area contributed by atoms with Gasteiger partial charge in [-0.15, -0.1) is 0 Å². The van der Waals surface area contributed by atoms with E-state index in [2.05, 4.69) is 22.9 Å². The molecular weight excluding hydrogens is 200 g/mol. The van der Waals surface area contributed by atoms with Crippen molar-refractivity contribution in [1.82, 2.24) is 0 Å². The average molecular weight is 217 g/mol. The van der Waals surface area contributed by atoms with Crippen LogP contribution in [-0.4, -0.2) is 4.83 Å². The highest BCUT2D eigenvalue weighted by Gasteiger charge is 2.33. The van der Waals surface area contributed by atoms with Crippen LogP contribution in [-0.2, 0) is 0 Å². The van der Waals surface area contributed by atoms with E-state index in [9.17, 15) is 0 Å². The Kier molecular flexibility index (Phi) is 2.27. The molecule has 1 heteroatoms. The van der Waals surface area contributed by atoms with E-state index in [0.29, 0.717) is 0 Å². The van der Waals surface area contributed by atoms with E-state index in [-0.39, 0.29) is 0 Å². The topological polar surface area (TPSA) is 0 Å². The van der Waals surface area contributed by atoms with Crippen LogP contribution in [0.25, 0.3) is 0 Å². The molecule has 2 rings (SSSR count). The van der Waals surface area contributed by atoms with Crippen LogP contribution in [0.3, 0.4) is 0 Å². The Morgan fingerprint density at radius 1 is 0.909 bits per heavy atom. The monoisotopic (exact) mass is 216 g/mol. The first kappa shape index (κ1) is 8.10. The minimum absolute atomic E-state index is 0.846. The molecule has 0 saturated heterocycles. The second kappa shape index (κ2) is 3.08. The van der Waals surface area contributed by atoms with Crippen molar-refractivity contribution in [2.75, 3.05) is 0 Å². The molecule has 2 fully saturated rings. The van der Waals surface area contributed by atoms with Gasteiger partial charge in [0.15, 0.2) is 0 Å². The first-order valence-electron chi connectivity index (χ1n) is 4.88. The van der Waals surface area contributed by atoms with Crippen molar-refractivity contribution in [3.8, 4) is 0 Å². The van der Waals surface area contributed by atoms with Crippen LogP contribution in [0.4, 0.5) is 0 Å². The Bertz CT molecular complexity index is 110. The van der Waals surface area contributed by atoms with Crippen LogP contribution < -0.4 is 0 Å². The summed E-state index contributed by atoms with van der Waals surface area (Å²) in [7, 11) is 0. The molecule has 0 radical (unpaired) electrons. The summed E-state index contributed by atoms with van der Waals surface area (Å²) in [6.07, 6.45) is 7.42. The molecule has 0 N–H and O–H groups in total. The zero-order valence-electron chi connectivity index (χ0n) is 7.22. The Morgan fingerprint density at radius 2 is 1.45 bits per heavy atom. The molecule has 2 unspecified atom stereocenters. The maximum Gasteiger partial charge on any atom is 0.0151 e. The lowest BCUT2D eigenvalue weighted by Gasteiger charge is -2.40. The number of halogens is 1. The SMILES string of the molecule is CC1CC2CC(Br)CC(C1)C2. The fourth-order valence-corrected chi connectivity index (χ4v) is 4.16. The zero-order valence-corrected chi connectivity index (χ0v) is 8.81. The van der Waals surface area contributed by atoms with Gasteiger partial charge in [-0.05, 0) is 49.9 Å². The third-order valence-electron chi connectivity index (χ3n) is 3.32. The standard InChI is InChI=1S/C10H17Br/c1-7-2-8-4-9(3-7)6-10(11)5-8/h7-10H,2-6H2,1H3. The lowest BCUT2D eigenvalue weighted by molar-refractivity contribution is 0.152. The Balaban J connectivity index is 2.00. The number of hydrogen-bond donors (Lipinski definition) is 0. The van der Waals surface area contributed by atoms with E-state index in [0.717, 1.165) is 22.6 Å². The average Bonchev–Trinajstić information content (AvgIpc) is 1.82. The van der Waals surface area contributed by atoms with E-state index in [1.807, 2.05) is 0 Å². The summed E-state index contributed by atoms with van der Waals surface area (Å²) < 4.78 is 0. The molecule has 0 aliphatic heterocycles. The van der Waals surface area contributed by atoms with Crippen molar-refractivity contribution in [3.05, 3.63) is 0 Å². The first-order valence-corrected chi connectivity index (χ1v) is 5.79. The molecule has 2 atom stereocenters. The summed E-state index contributed by atoms with van der Waals surface area (Å²) in [4.78, 5) is 0.846. The smallest absolute Gasteiger partial charge is 0.0151 e. The molecule has 0 amide bonds. The van der Waals surface area contributed by atoms with E-state index in [1.54, 1.807) is 0 Å². The number of fused-ring (bicyclic) bond motifs is 2. The summed E-state index contributed by atoms with van der Waals surface area (Å²) in [5.41, 5.74) is 0. The van der Waals surface area contributed by atoms with Crippen molar-refractivity contribution in [1.29, 1.82) is 0 Å². The Hall–Kier alpha value is 0.480. The van der Waals surface area contributed by atoms with Crippen molar-refractivity contribution in [2.45, 2.75) is 43.9 Å². The Morgan fingerprint density at radius 3 is 2.00 bits per heavy atom. The molecule has 2 saturated carbocycles. The van der Waals surface area contributed by atoms with Gasteiger partial charge in [0.05, 0.1) is 0 Å². The van der Waals surface area contributed by atoms with Gasteiger partial charge in [0, 0.05) is 4.83 Å². The summed E-state index contributed by atoms with van der Waals surface area (Å²) in [5.74, 6) is 3.13. The molecule has 64 valence electrons. The van der Waals surface area contributed by atoms with Crippen molar-refractivity contribution >= 4 is 15.9 Å². The van der Waals surface area contributed by atoms with Crippen LogP contribution in [0, 0.1) is 17.8 Å². The van der Waals surface area contributed by atoms with Crippen molar-refractivity contribution < 1.29 is 0 Å². The first-order chi connectivity index (χ1) is 5.24. The number of hydrogen-bond acceptors (Lipinski definition) is 0. The summed E-state index contributed by atoms with van der Waals surface area (Å²) in [6, 6.07) is 0. The van der Waals surface area contributed by atoms with E-state index in [4.69, 9.17) is 0 Å². The maximum atomic E-state index is 3.76. The van der Waals surface area contributed by atoms with Crippen LogP contribution >= 0.6 is 15.9 Å². The quantitative estimate of drug-likeness (QED) is 0.544. The normalized spacial score (nSPS) is 50.7. The number of alkyl halides is 1. The van der Waals surface area contributed by atoms with Gasteiger partial charge in [0.25, 0.3) is 0 Å². The third-order valence-corrected chi connectivity index (χ3v) is 4.06. The van der Waals surface area contributed by atoms with E-state index < -0.39 is 0 Å². The van der Waals surface area contributed by atoms with Crippen molar-refractivity contribution in [2.24, 2.45) is 17.8 Å². The van der Waals surface area contributed by atoms with Crippen LogP contribution in [0.5, 0.6) is 0 Å². The van der Waals surface area contributed by atoms with E-state index >= 15 is 0 Å². The zero-order chi connectivity index (χ0) is 7.84. The highest BCUT2D eigenvalue weighted by atomic mass is 79.9. The largest absolute Gasteiger partial charge is 0.0890 e. The summed E-state index contributed by atoms with van der Waals surface area (Å²) >= 11 is 3.76. The summed E-state index contributed by atoms with van der Waals surface area (Å²) in [6.45, 7) is 2.42. The summed E-state index contributed by atoms with van der Waals surface area (Å²) in [5, 5.41) is 0. The van der Waals surface area contributed by atoms with Crippen LogP contribution in [0.1, 0.15) is 39.0 Å². The second-order valence-corrected chi connectivity index (χ2v) is 5.91. The molecule has 2 aliphatic rings. The van der Waals surface area contributed by atoms with Crippen molar-refractivity contribution in [3.63, 3.8) is 0 Å². The molecule has 0 nitrogen and oxygen atoms in total. The van der Waals surface area contributed by atoms with Gasteiger partial charge in [-0.2, -0.15) is 0 Å². The van der Waals surface area contributed by atoms with Gasteiger partial charge >= 0.3 is 0 Å². The fraction of sp³-hybridized carbons (Fsp3) is 1.00. The van der Waals surface area contributed by atoms with Gasteiger partial charge in [0.2, 0.25) is 0 Å². The molecule has 2 aliphatic carbocycles. The lowest BCUT2D eigenvalue weighted by atomic mass is 9.68. The molecule has 2 bridgehead atoms. The maximum absolute atomic E-state index is 3.76. The van der Waals surface area contributed by atoms with Gasteiger partial charge in [-0.1, -0.05) is 22.9 Å². The van der Waals surface area contributed by atoms with E-state index in [1.165, 1.54) is 32.1 Å². The fourth-order valence-electron chi connectivity index (χ4n) is 3.10. The minimum atomic E-state index is 0.846. The molecular formula is C10H17Br. The highest BCUT2D eigenvalue weighted by Crippen LogP contribution is 2.44. The molecule has 11 heavy (non-hydrogen) atoms. The molecule has 0 aromatic rings. The van der Waals surface area contributed by atoms with Crippen LogP contribution in [0.15, 0.2) is 0 Å². The van der Waals surface area contributed by atoms with Gasteiger partial charge in [0.1, 0.15) is 0 Å². The number of rotatable bonds is 0. The van der Waals surface area contributed by atoms with Crippen LogP contribution in [0.2, 0.25) is 0 Å². The van der Waals surface area contributed by atoms with Gasteiger partial charge in [-0.25, -0.2) is 0 Å². The molecule has 0 spiro atoms. The molecule has 0 heterocycles. The lowest BCUT2D eigenvalue weighted by Crippen LogP contribution is -2.30.